The lowest BCUT2D eigenvalue weighted by atomic mass is 10.0. The first-order valence-electron chi connectivity index (χ1n) is 5.50. The van der Waals surface area contributed by atoms with Crippen LogP contribution >= 0.6 is 0 Å². The highest BCUT2D eigenvalue weighted by Gasteiger charge is 2.10. The molecule has 4 nitrogen and oxygen atoms in total. The fourth-order valence-corrected chi connectivity index (χ4v) is 1.84. The Balaban J connectivity index is 2.58. The molecule has 0 aliphatic rings. The number of carbonyl (C=O) groups is 2. The van der Waals surface area contributed by atoms with Crippen LogP contribution in [0, 0.1) is 0 Å². The van der Waals surface area contributed by atoms with Crippen molar-refractivity contribution in [2.45, 2.75) is 6.92 Å². The van der Waals surface area contributed by atoms with Gasteiger partial charge in [0.2, 0.25) is 5.91 Å². The van der Waals surface area contributed by atoms with Crippen molar-refractivity contribution < 1.29 is 14.3 Å². The fraction of sp³-hybridized carbons (Fsp3) is 0.143. The Labute approximate surface area is 105 Å². The molecule has 0 saturated heterocycles. The molecule has 0 spiro atoms. The Morgan fingerprint density at radius 1 is 1.17 bits per heavy atom. The molecule has 2 rings (SSSR count). The molecular weight excluding hydrogens is 230 g/mol. The standard InChI is InChI=1S/C14H13NO3/c1-9(16)15-11-7-6-10-4-3-5-12(13(10)8-11)14(17)18-2/h3-8H,1-2H3,(H,15,16). The summed E-state index contributed by atoms with van der Waals surface area (Å²) >= 11 is 0. The third kappa shape index (κ3) is 2.32. The molecular formula is C14H13NO3. The number of hydrogen-bond acceptors (Lipinski definition) is 3. The van der Waals surface area contributed by atoms with Crippen molar-refractivity contribution >= 4 is 28.3 Å². The Kier molecular flexibility index (Phi) is 3.28. The lowest BCUT2D eigenvalue weighted by Gasteiger charge is -2.07. The van der Waals surface area contributed by atoms with E-state index in [1.807, 2.05) is 12.1 Å². The van der Waals surface area contributed by atoms with Crippen LogP contribution in [-0.2, 0) is 9.53 Å². The quantitative estimate of drug-likeness (QED) is 0.825. The molecule has 0 aliphatic carbocycles. The maximum absolute atomic E-state index is 11.7. The topological polar surface area (TPSA) is 55.4 Å². The molecule has 0 unspecified atom stereocenters. The molecule has 1 amide bonds. The van der Waals surface area contributed by atoms with Gasteiger partial charge in [0.05, 0.1) is 12.7 Å². The summed E-state index contributed by atoms with van der Waals surface area (Å²) in [4.78, 5) is 22.7. The normalized spacial score (nSPS) is 10.1. The van der Waals surface area contributed by atoms with Gasteiger partial charge >= 0.3 is 5.97 Å². The van der Waals surface area contributed by atoms with Crippen molar-refractivity contribution in [2.24, 2.45) is 0 Å². The van der Waals surface area contributed by atoms with Gasteiger partial charge in [-0.25, -0.2) is 4.79 Å². The Morgan fingerprint density at radius 3 is 2.61 bits per heavy atom. The van der Waals surface area contributed by atoms with E-state index in [1.54, 1.807) is 24.3 Å². The molecule has 2 aromatic carbocycles. The molecule has 0 bridgehead atoms. The highest BCUT2D eigenvalue weighted by Crippen LogP contribution is 2.23. The van der Waals surface area contributed by atoms with Crippen LogP contribution in [-0.4, -0.2) is 19.0 Å². The minimum Gasteiger partial charge on any atom is -0.465 e. The summed E-state index contributed by atoms with van der Waals surface area (Å²) in [6.45, 7) is 1.44. The number of anilines is 1. The van der Waals surface area contributed by atoms with E-state index >= 15 is 0 Å². The van der Waals surface area contributed by atoms with Crippen LogP contribution in [0.25, 0.3) is 10.8 Å². The number of carbonyl (C=O) groups excluding carboxylic acids is 2. The van der Waals surface area contributed by atoms with Crippen molar-refractivity contribution in [2.75, 3.05) is 12.4 Å². The Hall–Kier alpha value is -2.36. The third-order valence-corrected chi connectivity index (χ3v) is 2.61. The summed E-state index contributed by atoms with van der Waals surface area (Å²) in [6.07, 6.45) is 0. The van der Waals surface area contributed by atoms with Crippen molar-refractivity contribution in [1.82, 2.24) is 0 Å². The van der Waals surface area contributed by atoms with Gasteiger partial charge in [0.1, 0.15) is 0 Å². The third-order valence-electron chi connectivity index (χ3n) is 2.61. The van der Waals surface area contributed by atoms with Gasteiger partial charge in [-0.1, -0.05) is 18.2 Å². The van der Waals surface area contributed by atoms with E-state index in [2.05, 4.69) is 5.32 Å². The first-order valence-corrected chi connectivity index (χ1v) is 5.50. The zero-order valence-corrected chi connectivity index (χ0v) is 10.2. The molecule has 92 valence electrons. The van der Waals surface area contributed by atoms with Crippen LogP contribution in [0.3, 0.4) is 0 Å². The maximum Gasteiger partial charge on any atom is 0.338 e. The molecule has 0 radical (unpaired) electrons. The number of hydrogen-bond donors (Lipinski definition) is 1. The SMILES string of the molecule is COC(=O)c1cccc2ccc(NC(C)=O)cc12. The molecule has 0 saturated carbocycles. The molecule has 2 aromatic rings. The van der Waals surface area contributed by atoms with Gasteiger partial charge in [0.25, 0.3) is 0 Å². The van der Waals surface area contributed by atoms with E-state index in [-0.39, 0.29) is 11.9 Å². The zero-order valence-electron chi connectivity index (χ0n) is 10.2. The molecule has 1 N–H and O–H groups in total. The Morgan fingerprint density at radius 2 is 1.94 bits per heavy atom. The van der Waals surface area contributed by atoms with Gasteiger partial charge in [0.15, 0.2) is 0 Å². The van der Waals surface area contributed by atoms with E-state index in [0.29, 0.717) is 11.3 Å². The summed E-state index contributed by atoms with van der Waals surface area (Å²) in [6, 6.07) is 10.8. The van der Waals surface area contributed by atoms with Crippen molar-refractivity contribution in [3.63, 3.8) is 0 Å². The van der Waals surface area contributed by atoms with Crippen LogP contribution < -0.4 is 5.32 Å². The number of esters is 1. The van der Waals surface area contributed by atoms with Gasteiger partial charge in [-0.05, 0) is 29.0 Å². The predicted octanol–water partition coefficient (Wildman–Crippen LogP) is 2.58. The van der Waals surface area contributed by atoms with Crippen LogP contribution in [0.15, 0.2) is 36.4 Å². The second-order valence-electron chi connectivity index (χ2n) is 3.91. The highest BCUT2D eigenvalue weighted by atomic mass is 16.5. The molecule has 0 aromatic heterocycles. The molecule has 0 heterocycles. The summed E-state index contributed by atoms with van der Waals surface area (Å²) in [5.41, 5.74) is 1.15. The molecule has 0 aliphatic heterocycles. The van der Waals surface area contributed by atoms with Crippen LogP contribution in [0.4, 0.5) is 5.69 Å². The van der Waals surface area contributed by atoms with E-state index in [0.717, 1.165) is 10.8 Å². The summed E-state index contributed by atoms with van der Waals surface area (Å²) in [7, 11) is 1.35. The van der Waals surface area contributed by atoms with Gasteiger partial charge < -0.3 is 10.1 Å². The minimum absolute atomic E-state index is 0.148. The summed E-state index contributed by atoms with van der Waals surface area (Å²) in [5, 5.41) is 4.37. The molecule has 18 heavy (non-hydrogen) atoms. The number of ether oxygens (including phenoxy) is 1. The van der Waals surface area contributed by atoms with Crippen LogP contribution in [0.1, 0.15) is 17.3 Å². The fourth-order valence-electron chi connectivity index (χ4n) is 1.84. The number of nitrogens with one attached hydrogen (secondary N) is 1. The lowest BCUT2D eigenvalue weighted by Crippen LogP contribution is -2.06. The van der Waals surface area contributed by atoms with Gasteiger partial charge in [-0.15, -0.1) is 0 Å². The van der Waals surface area contributed by atoms with Crippen LogP contribution in [0.5, 0.6) is 0 Å². The highest BCUT2D eigenvalue weighted by molar-refractivity contribution is 6.06. The van der Waals surface area contributed by atoms with Crippen molar-refractivity contribution in [3.05, 3.63) is 42.0 Å². The second-order valence-corrected chi connectivity index (χ2v) is 3.91. The first kappa shape index (κ1) is 12.1. The lowest BCUT2D eigenvalue weighted by molar-refractivity contribution is -0.114. The minimum atomic E-state index is -0.388. The number of amides is 1. The average Bonchev–Trinajstić information content (AvgIpc) is 2.36. The predicted molar refractivity (Wildman–Crippen MR) is 69.6 cm³/mol. The number of fused-ring (bicyclic) bond motifs is 1. The molecule has 0 atom stereocenters. The number of methoxy groups -OCH3 is 1. The van der Waals surface area contributed by atoms with E-state index in [9.17, 15) is 9.59 Å². The van der Waals surface area contributed by atoms with Gasteiger partial charge in [-0.2, -0.15) is 0 Å². The first-order chi connectivity index (χ1) is 8.61. The van der Waals surface area contributed by atoms with Crippen molar-refractivity contribution in [3.8, 4) is 0 Å². The largest absolute Gasteiger partial charge is 0.465 e. The van der Waals surface area contributed by atoms with E-state index in [4.69, 9.17) is 4.74 Å². The van der Waals surface area contributed by atoms with E-state index < -0.39 is 0 Å². The summed E-state index contributed by atoms with van der Waals surface area (Å²) in [5.74, 6) is -0.537. The smallest absolute Gasteiger partial charge is 0.338 e. The van der Waals surface area contributed by atoms with Gasteiger partial charge in [0, 0.05) is 12.6 Å². The Bertz CT molecular complexity index is 619. The van der Waals surface area contributed by atoms with Gasteiger partial charge in [-0.3, -0.25) is 4.79 Å². The van der Waals surface area contributed by atoms with Crippen LogP contribution in [0.2, 0.25) is 0 Å². The second kappa shape index (κ2) is 4.87. The monoisotopic (exact) mass is 243 g/mol. The maximum atomic E-state index is 11.7. The zero-order chi connectivity index (χ0) is 13.1. The number of rotatable bonds is 2. The number of benzene rings is 2. The molecule has 0 fully saturated rings. The average molecular weight is 243 g/mol. The summed E-state index contributed by atoms with van der Waals surface area (Å²) < 4.78 is 4.74. The molecule has 4 heteroatoms. The van der Waals surface area contributed by atoms with E-state index in [1.165, 1.54) is 14.0 Å². The van der Waals surface area contributed by atoms with Crippen molar-refractivity contribution in [1.29, 1.82) is 0 Å².